The molecule has 1 saturated heterocycles. The van der Waals surface area contributed by atoms with Gasteiger partial charge in [-0.15, -0.1) is 0 Å². The molecule has 1 saturated carbocycles. The fourth-order valence-corrected chi connectivity index (χ4v) is 3.54. The van der Waals surface area contributed by atoms with Crippen molar-refractivity contribution in [3.05, 3.63) is 47.2 Å². The first-order chi connectivity index (χ1) is 15.5. The number of nitrogens with zero attached hydrogens (tertiary/aromatic N) is 4. The van der Waals surface area contributed by atoms with Gasteiger partial charge in [-0.2, -0.15) is 19.6 Å². The fourth-order valence-electron chi connectivity index (χ4n) is 3.54. The van der Waals surface area contributed by atoms with Crippen molar-refractivity contribution in [1.82, 2.24) is 24.9 Å². The predicted octanol–water partition coefficient (Wildman–Crippen LogP) is 2.31. The maximum atomic E-state index is 12.0. The van der Waals surface area contributed by atoms with Gasteiger partial charge in [0, 0.05) is 17.2 Å². The minimum Gasteiger partial charge on any atom is -0.497 e. The first kappa shape index (κ1) is 20.0. The maximum absolute atomic E-state index is 12.0. The molecule has 3 aromatic rings. The van der Waals surface area contributed by atoms with Crippen LogP contribution in [0.4, 0.5) is 11.9 Å². The quantitative estimate of drug-likeness (QED) is 0.383. The number of hydrogen-bond acceptors (Lipinski definition) is 8. The Bertz CT molecular complexity index is 1230. The Hall–Kier alpha value is -3.95. The van der Waals surface area contributed by atoms with Gasteiger partial charge in [0.1, 0.15) is 5.75 Å². The molecular formula is C22H23N7O3. The van der Waals surface area contributed by atoms with E-state index in [-0.39, 0.29) is 24.3 Å². The van der Waals surface area contributed by atoms with Gasteiger partial charge in [0.15, 0.2) is 5.65 Å². The molecule has 3 heterocycles. The van der Waals surface area contributed by atoms with Crippen LogP contribution in [-0.2, 0) is 9.59 Å². The van der Waals surface area contributed by atoms with Crippen LogP contribution in [0, 0.1) is 0 Å². The van der Waals surface area contributed by atoms with E-state index in [4.69, 9.17) is 4.74 Å². The highest BCUT2D eigenvalue weighted by molar-refractivity contribution is 6.15. The number of hydrogen-bond donors (Lipinski definition) is 3. The molecule has 10 nitrogen and oxygen atoms in total. The molecule has 3 N–H and O–H groups in total. The van der Waals surface area contributed by atoms with E-state index >= 15 is 0 Å². The Morgan fingerprint density at radius 2 is 2.00 bits per heavy atom. The summed E-state index contributed by atoms with van der Waals surface area (Å²) in [6, 6.07) is 8.11. The number of rotatable bonds is 7. The van der Waals surface area contributed by atoms with Gasteiger partial charge < -0.3 is 15.4 Å². The standard InChI is InChI=1S/C22H23N7O3/c1-12(13-3-7-17(32-2)8-4-13)24-21-27-19-15(9-14-10-18(30)26-20(14)31)11-23-29(19)22(28-21)25-16-5-6-16/h3-4,7-9,11-12,16H,5-6,10H2,1-2H3,(H,26,30,31)(H2,24,25,27,28)/b14-9+/t12-/m1/s1. The van der Waals surface area contributed by atoms with E-state index in [1.165, 1.54) is 0 Å². The van der Waals surface area contributed by atoms with Crippen LogP contribution < -0.4 is 20.7 Å². The molecule has 1 aliphatic heterocycles. The zero-order valence-electron chi connectivity index (χ0n) is 17.8. The van der Waals surface area contributed by atoms with Crippen LogP contribution >= 0.6 is 0 Å². The Balaban J connectivity index is 1.49. The van der Waals surface area contributed by atoms with Crippen molar-refractivity contribution in [2.75, 3.05) is 17.7 Å². The molecule has 2 amide bonds. The number of benzene rings is 1. The Morgan fingerprint density at radius 3 is 2.66 bits per heavy atom. The van der Waals surface area contributed by atoms with Crippen molar-refractivity contribution < 1.29 is 14.3 Å². The number of aromatic nitrogens is 4. The summed E-state index contributed by atoms with van der Waals surface area (Å²) in [4.78, 5) is 32.8. The summed E-state index contributed by atoms with van der Waals surface area (Å²) < 4.78 is 6.86. The highest BCUT2D eigenvalue weighted by Gasteiger charge is 2.26. The molecular weight excluding hydrogens is 410 g/mol. The third-order valence-electron chi connectivity index (χ3n) is 5.49. The normalized spacial score (nSPS) is 18.1. The summed E-state index contributed by atoms with van der Waals surface area (Å²) in [7, 11) is 1.64. The lowest BCUT2D eigenvalue weighted by molar-refractivity contribution is -0.124. The fraction of sp³-hybridized carbons (Fsp3) is 0.318. The average molecular weight is 433 g/mol. The van der Waals surface area contributed by atoms with Gasteiger partial charge in [0.25, 0.3) is 5.91 Å². The molecule has 5 rings (SSSR count). The van der Waals surface area contributed by atoms with E-state index in [2.05, 4.69) is 31.0 Å². The number of carbonyl (C=O) groups is 2. The second-order valence-electron chi connectivity index (χ2n) is 7.99. The van der Waals surface area contributed by atoms with Crippen molar-refractivity contribution in [2.45, 2.75) is 38.3 Å². The van der Waals surface area contributed by atoms with E-state index in [9.17, 15) is 9.59 Å². The van der Waals surface area contributed by atoms with E-state index in [1.807, 2.05) is 31.2 Å². The molecule has 1 atom stereocenters. The van der Waals surface area contributed by atoms with Crippen molar-refractivity contribution in [1.29, 1.82) is 0 Å². The van der Waals surface area contributed by atoms with Crippen LogP contribution in [0.2, 0.25) is 0 Å². The number of anilines is 2. The lowest BCUT2D eigenvalue weighted by atomic mass is 10.1. The van der Waals surface area contributed by atoms with Crippen molar-refractivity contribution in [3.63, 3.8) is 0 Å². The first-order valence-corrected chi connectivity index (χ1v) is 10.5. The number of imide groups is 1. The lowest BCUT2D eigenvalue weighted by Gasteiger charge is -2.16. The zero-order valence-corrected chi connectivity index (χ0v) is 17.8. The van der Waals surface area contributed by atoms with Gasteiger partial charge in [0.05, 0.1) is 25.8 Å². The molecule has 164 valence electrons. The van der Waals surface area contributed by atoms with Crippen LogP contribution in [0.25, 0.3) is 11.7 Å². The number of nitrogens with one attached hydrogen (secondary N) is 3. The van der Waals surface area contributed by atoms with Gasteiger partial charge in [-0.05, 0) is 43.5 Å². The zero-order chi connectivity index (χ0) is 22.2. The topological polar surface area (TPSA) is 123 Å². The summed E-state index contributed by atoms with van der Waals surface area (Å²) in [6.07, 6.45) is 5.50. The first-order valence-electron chi connectivity index (χ1n) is 10.5. The Morgan fingerprint density at radius 1 is 1.22 bits per heavy atom. The minimum atomic E-state index is -0.383. The van der Waals surface area contributed by atoms with Gasteiger partial charge in [-0.3, -0.25) is 14.9 Å². The second kappa shape index (κ2) is 7.95. The third kappa shape index (κ3) is 3.98. The van der Waals surface area contributed by atoms with Gasteiger partial charge in [0.2, 0.25) is 17.8 Å². The predicted molar refractivity (Wildman–Crippen MR) is 118 cm³/mol. The molecule has 2 aromatic heterocycles. The molecule has 0 radical (unpaired) electrons. The van der Waals surface area contributed by atoms with Crippen molar-refractivity contribution >= 4 is 35.4 Å². The highest BCUT2D eigenvalue weighted by Crippen LogP contribution is 2.27. The number of ether oxygens (including phenoxy) is 1. The molecule has 32 heavy (non-hydrogen) atoms. The molecule has 1 aromatic carbocycles. The molecule has 1 aliphatic carbocycles. The van der Waals surface area contributed by atoms with Crippen LogP contribution in [0.1, 0.15) is 43.4 Å². The number of carbonyl (C=O) groups excluding carboxylic acids is 2. The SMILES string of the molecule is COc1ccc([C@@H](C)Nc2nc(NC3CC3)n3ncc(/C=C4\CC(=O)NC4=O)c3n2)cc1. The Labute approximate surface area is 184 Å². The van der Waals surface area contributed by atoms with Crippen LogP contribution in [0.3, 0.4) is 0 Å². The third-order valence-corrected chi connectivity index (χ3v) is 5.49. The molecule has 0 bridgehead atoms. The van der Waals surface area contributed by atoms with Crippen molar-refractivity contribution in [2.24, 2.45) is 0 Å². The van der Waals surface area contributed by atoms with E-state index in [1.54, 1.807) is 23.9 Å². The van der Waals surface area contributed by atoms with Crippen LogP contribution in [0.15, 0.2) is 36.0 Å². The van der Waals surface area contributed by atoms with E-state index in [0.717, 1.165) is 24.2 Å². The average Bonchev–Trinajstić information content (AvgIpc) is 3.42. The smallest absolute Gasteiger partial charge is 0.254 e. The highest BCUT2D eigenvalue weighted by atomic mass is 16.5. The maximum Gasteiger partial charge on any atom is 0.254 e. The molecule has 0 unspecified atom stereocenters. The van der Waals surface area contributed by atoms with Gasteiger partial charge in [-0.1, -0.05) is 12.1 Å². The monoisotopic (exact) mass is 433 g/mol. The molecule has 2 fully saturated rings. The summed E-state index contributed by atoms with van der Waals surface area (Å²) in [5.41, 5.74) is 2.64. The van der Waals surface area contributed by atoms with Crippen molar-refractivity contribution in [3.8, 4) is 5.75 Å². The molecule has 10 heteroatoms. The largest absolute Gasteiger partial charge is 0.497 e. The molecule has 2 aliphatic rings. The van der Waals surface area contributed by atoms with Gasteiger partial charge in [-0.25, -0.2) is 0 Å². The van der Waals surface area contributed by atoms with E-state index in [0.29, 0.717) is 34.7 Å². The molecule has 0 spiro atoms. The number of fused-ring (bicyclic) bond motifs is 1. The summed E-state index contributed by atoms with van der Waals surface area (Å²) in [5, 5.41) is 13.4. The van der Waals surface area contributed by atoms with Gasteiger partial charge >= 0.3 is 0 Å². The minimum absolute atomic E-state index is 0.0497. The summed E-state index contributed by atoms with van der Waals surface area (Å²) >= 11 is 0. The number of amides is 2. The van der Waals surface area contributed by atoms with Crippen LogP contribution in [-0.4, -0.2) is 44.5 Å². The number of methoxy groups -OCH3 is 1. The van der Waals surface area contributed by atoms with Crippen LogP contribution in [0.5, 0.6) is 5.75 Å². The second-order valence-corrected chi connectivity index (χ2v) is 7.99. The lowest BCUT2D eigenvalue weighted by Crippen LogP contribution is -2.19. The van der Waals surface area contributed by atoms with E-state index < -0.39 is 0 Å². The summed E-state index contributed by atoms with van der Waals surface area (Å²) in [5.74, 6) is 1.13. The Kier molecular flexibility index (Phi) is 4.96. The summed E-state index contributed by atoms with van der Waals surface area (Å²) in [6.45, 7) is 2.02.